The summed E-state index contributed by atoms with van der Waals surface area (Å²) in [6.07, 6.45) is -0.534. The second-order valence-electron chi connectivity index (χ2n) is 6.21. The molecule has 0 aromatic heterocycles. The maximum Gasteiger partial charge on any atom is 0.415 e. The minimum Gasteiger partial charge on any atom is -0.490 e. The molecule has 1 aliphatic heterocycles. The van der Waals surface area contributed by atoms with Gasteiger partial charge in [0.2, 0.25) is 0 Å². The Hall–Kier alpha value is -2.57. The Bertz CT molecular complexity index is 662. The monoisotopic (exact) mass is 335 g/mol. The molecular formula is C17H21NO6. The number of carbonyl (C=O) groups is 3. The lowest BCUT2D eigenvalue weighted by Crippen LogP contribution is -2.41. The number of rotatable bonds is 3. The zero-order chi connectivity index (χ0) is 17.9. The van der Waals surface area contributed by atoms with Crippen LogP contribution in [0.5, 0.6) is 5.75 Å². The number of nitrogens with zero attached hydrogens (tertiary/aromatic N) is 1. The summed E-state index contributed by atoms with van der Waals surface area (Å²) in [6, 6.07) is 4.46. The third-order valence-corrected chi connectivity index (χ3v) is 3.16. The van der Waals surface area contributed by atoms with Crippen LogP contribution in [0.4, 0.5) is 10.5 Å². The number of hydrogen-bond donors (Lipinski definition) is 0. The number of ketones is 1. The zero-order valence-corrected chi connectivity index (χ0v) is 14.3. The van der Waals surface area contributed by atoms with Gasteiger partial charge in [0.25, 0.3) is 5.78 Å². The van der Waals surface area contributed by atoms with E-state index in [-0.39, 0.29) is 12.2 Å². The van der Waals surface area contributed by atoms with E-state index in [1.54, 1.807) is 33.8 Å². The molecule has 1 heterocycles. The van der Waals surface area contributed by atoms with E-state index >= 15 is 0 Å². The van der Waals surface area contributed by atoms with Gasteiger partial charge in [-0.1, -0.05) is 0 Å². The van der Waals surface area contributed by atoms with Crippen LogP contribution < -0.4 is 9.64 Å². The van der Waals surface area contributed by atoms with Gasteiger partial charge >= 0.3 is 12.1 Å². The van der Waals surface area contributed by atoms with E-state index in [2.05, 4.69) is 0 Å². The lowest BCUT2D eigenvalue weighted by atomic mass is 10.1. The summed E-state index contributed by atoms with van der Waals surface area (Å²) in [7, 11) is 0. The Morgan fingerprint density at radius 1 is 1.25 bits per heavy atom. The standard InChI is InChI=1S/C17H21NO6/c1-5-22-15(20)14(19)11-6-7-13-12(10-11)18(8-9-23-13)16(21)24-17(2,3)4/h6-7,10H,5,8-9H2,1-4H3. The number of fused-ring (bicyclic) bond motifs is 1. The van der Waals surface area contributed by atoms with Crippen LogP contribution in [0.2, 0.25) is 0 Å². The molecule has 1 aromatic carbocycles. The quantitative estimate of drug-likeness (QED) is 0.480. The molecule has 0 radical (unpaired) electrons. The first-order valence-electron chi connectivity index (χ1n) is 7.71. The van der Waals surface area contributed by atoms with Crippen molar-refractivity contribution in [3.8, 4) is 5.75 Å². The lowest BCUT2D eigenvalue weighted by Gasteiger charge is -2.31. The molecule has 130 valence electrons. The number of Topliss-reactive ketones (excluding diaryl/α,β-unsaturated/α-hetero) is 1. The Kier molecular flexibility index (Phi) is 5.11. The molecule has 2 rings (SSSR count). The van der Waals surface area contributed by atoms with Gasteiger partial charge in [-0.3, -0.25) is 9.69 Å². The average Bonchev–Trinajstić information content (AvgIpc) is 2.51. The first-order chi connectivity index (χ1) is 11.2. The van der Waals surface area contributed by atoms with Gasteiger partial charge in [-0.25, -0.2) is 9.59 Å². The van der Waals surface area contributed by atoms with Crippen LogP contribution >= 0.6 is 0 Å². The van der Waals surface area contributed by atoms with Gasteiger partial charge in [-0.2, -0.15) is 0 Å². The Labute approximate surface area is 140 Å². The van der Waals surface area contributed by atoms with Crippen LogP contribution in [0.1, 0.15) is 38.1 Å². The highest BCUT2D eigenvalue weighted by Crippen LogP contribution is 2.33. The average molecular weight is 335 g/mol. The van der Waals surface area contributed by atoms with E-state index in [4.69, 9.17) is 14.2 Å². The lowest BCUT2D eigenvalue weighted by molar-refractivity contribution is -0.137. The van der Waals surface area contributed by atoms with Gasteiger partial charge in [0.05, 0.1) is 18.8 Å². The SMILES string of the molecule is CCOC(=O)C(=O)c1ccc2c(c1)N(C(=O)OC(C)(C)C)CCO2. The van der Waals surface area contributed by atoms with Gasteiger partial charge in [-0.15, -0.1) is 0 Å². The number of anilines is 1. The highest BCUT2D eigenvalue weighted by atomic mass is 16.6. The second-order valence-corrected chi connectivity index (χ2v) is 6.21. The number of amides is 1. The van der Waals surface area contributed by atoms with Crippen molar-refractivity contribution in [2.45, 2.75) is 33.3 Å². The molecule has 0 bridgehead atoms. The van der Waals surface area contributed by atoms with Crippen molar-refractivity contribution in [3.63, 3.8) is 0 Å². The van der Waals surface area contributed by atoms with Gasteiger partial charge in [0, 0.05) is 5.56 Å². The van der Waals surface area contributed by atoms with Gasteiger partial charge in [-0.05, 0) is 45.9 Å². The predicted octanol–water partition coefficient (Wildman–Crippen LogP) is 2.57. The molecule has 1 amide bonds. The van der Waals surface area contributed by atoms with Crippen LogP contribution in [-0.2, 0) is 14.3 Å². The first-order valence-corrected chi connectivity index (χ1v) is 7.71. The Balaban J connectivity index is 2.31. The number of benzene rings is 1. The fraction of sp³-hybridized carbons (Fsp3) is 0.471. The molecule has 1 aromatic rings. The van der Waals surface area contributed by atoms with E-state index in [1.165, 1.54) is 17.0 Å². The normalized spacial score (nSPS) is 13.6. The van der Waals surface area contributed by atoms with Crippen molar-refractivity contribution in [1.82, 2.24) is 0 Å². The van der Waals surface area contributed by atoms with Crippen molar-refractivity contribution >= 4 is 23.5 Å². The van der Waals surface area contributed by atoms with Crippen molar-refractivity contribution in [1.29, 1.82) is 0 Å². The maximum atomic E-state index is 12.4. The molecule has 0 fully saturated rings. The molecule has 1 aliphatic rings. The molecule has 0 N–H and O–H groups in total. The largest absolute Gasteiger partial charge is 0.490 e. The molecule has 0 unspecified atom stereocenters. The molecule has 7 nitrogen and oxygen atoms in total. The summed E-state index contributed by atoms with van der Waals surface area (Å²) in [5.41, 5.74) is -0.120. The Morgan fingerprint density at radius 2 is 1.96 bits per heavy atom. The van der Waals surface area contributed by atoms with Crippen molar-refractivity contribution in [3.05, 3.63) is 23.8 Å². The van der Waals surface area contributed by atoms with Crippen LogP contribution in [0.25, 0.3) is 0 Å². The molecule has 0 saturated heterocycles. The smallest absolute Gasteiger partial charge is 0.415 e. The summed E-state index contributed by atoms with van der Waals surface area (Å²) < 4.78 is 15.6. The fourth-order valence-electron chi connectivity index (χ4n) is 2.18. The van der Waals surface area contributed by atoms with Crippen LogP contribution in [0.3, 0.4) is 0 Å². The summed E-state index contributed by atoms with van der Waals surface area (Å²) in [6.45, 7) is 7.65. The third kappa shape index (κ3) is 4.04. The molecule has 24 heavy (non-hydrogen) atoms. The molecular weight excluding hydrogens is 314 g/mol. The molecule has 7 heteroatoms. The number of esters is 1. The molecule has 0 aliphatic carbocycles. The number of hydrogen-bond acceptors (Lipinski definition) is 6. The molecule has 0 atom stereocenters. The maximum absolute atomic E-state index is 12.4. The number of ether oxygens (including phenoxy) is 3. The third-order valence-electron chi connectivity index (χ3n) is 3.16. The van der Waals surface area contributed by atoms with Crippen LogP contribution in [0, 0.1) is 0 Å². The Morgan fingerprint density at radius 3 is 2.58 bits per heavy atom. The van der Waals surface area contributed by atoms with Crippen LogP contribution in [0.15, 0.2) is 18.2 Å². The fourth-order valence-corrected chi connectivity index (χ4v) is 2.18. The van der Waals surface area contributed by atoms with E-state index in [9.17, 15) is 14.4 Å². The number of carbonyl (C=O) groups excluding carboxylic acids is 3. The van der Waals surface area contributed by atoms with E-state index in [0.29, 0.717) is 24.6 Å². The van der Waals surface area contributed by atoms with Crippen LogP contribution in [-0.4, -0.2) is 43.2 Å². The highest BCUT2D eigenvalue weighted by molar-refractivity contribution is 6.40. The summed E-state index contributed by atoms with van der Waals surface area (Å²) in [5, 5.41) is 0. The zero-order valence-electron chi connectivity index (χ0n) is 14.3. The first kappa shape index (κ1) is 17.8. The summed E-state index contributed by atoms with van der Waals surface area (Å²) in [4.78, 5) is 37.4. The van der Waals surface area contributed by atoms with Crippen molar-refractivity contribution in [2.24, 2.45) is 0 Å². The minimum atomic E-state index is -0.932. The molecule has 0 saturated carbocycles. The highest BCUT2D eigenvalue weighted by Gasteiger charge is 2.29. The van der Waals surface area contributed by atoms with E-state index < -0.39 is 23.4 Å². The second kappa shape index (κ2) is 6.90. The predicted molar refractivity (Wildman–Crippen MR) is 86.5 cm³/mol. The topological polar surface area (TPSA) is 82.1 Å². The van der Waals surface area contributed by atoms with Gasteiger partial charge in [0.1, 0.15) is 18.0 Å². The molecule has 0 spiro atoms. The van der Waals surface area contributed by atoms with Gasteiger partial charge in [0.15, 0.2) is 0 Å². The summed E-state index contributed by atoms with van der Waals surface area (Å²) in [5.74, 6) is -1.25. The van der Waals surface area contributed by atoms with Gasteiger partial charge < -0.3 is 14.2 Å². The van der Waals surface area contributed by atoms with E-state index in [1.807, 2.05) is 0 Å². The minimum absolute atomic E-state index is 0.114. The van der Waals surface area contributed by atoms with Crippen molar-refractivity contribution in [2.75, 3.05) is 24.7 Å². The van der Waals surface area contributed by atoms with E-state index in [0.717, 1.165) is 0 Å². The van der Waals surface area contributed by atoms with Crippen molar-refractivity contribution < 1.29 is 28.6 Å². The summed E-state index contributed by atoms with van der Waals surface area (Å²) >= 11 is 0.